The van der Waals surface area contributed by atoms with Crippen LogP contribution >= 0.6 is 22.9 Å². The number of piperidine rings is 1. The van der Waals surface area contributed by atoms with Crippen molar-refractivity contribution in [3.63, 3.8) is 0 Å². The Morgan fingerprint density at radius 2 is 2.02 bits per heavy atom. The van der Waals surface area contributed by atoms with Gasteiger partial charge in [0.2, 0.25) is 0 Å². The first-order chi connectivity index (χ1) is 24.1. The summed E-state index contributed by atoms with van der Waals surface area (Å²) in [5.74, 6) is -1.47. The molecule has 0 amide bonds. The van der Waals surface area contributed by atoms with E-state index in [1.807, 2.05) is 11.0 Å². The smallest absolute Gasteiger partial charge is 0.345 e. The Hall–Kier alpha value is -3.71. The molecule has 0 aliphatic carbocycles. The largest absolute Gasteiger partial charge is 0.491 e. The molecule has 0 radical (unpaired) electrons. The minimum atomic E-state index is -2.93. The summed E-state index contributed by atoms with van der Waals surface area (Å²) >= 11 is 7.91. The Morgan fingerprint density at radius 1 is 1.18 bits per heavy atom. The molecule has 3 fully saturated rings. The number of nitrogens with zero attached hydrogens (tertiary/aromatic N) is 5. The van der Waals surface area contributed by atoms with Gasteiger partial charge in [0.05, 0.1) is 39.4 Å². The van der Waals surface area contributed by atoms with Crippen molar-refractivity contribution in [1.29, 1.82) is 5.26 Å². The van der Waals surface area contributed by atoms with E-state index in [9.17, 15) is 18.4 Å². The monoisotopic (exact) mass is 734 g/mol. The zero-order valence-electron chi connectivity index (χ0n) is 26.7. The molecule has 264 valence electrons. The predicted molar refractivity (Wildman–Crippen MR) is 179 cm³/mol. The highest BCUT2D eigenvalue weighted by molar-refractivity contribution is 7.23. The first-order valence-corrected chi connectivity index (χ1v) is 17.7. The van der Waals surface area contributed by atoms with Gasteiger partial charge in [-0.15, -0.1) is 11.3 Å². The van der Waals surface area contributed by atoms with E-state index in [2.05, 4.69) is 9.88 Å². The van der Waals surface area contributed by atoms with E-state index in [4.69, 9.17) is 36.5 Å². The van der Waals surface area contributed by atoms with Crippen LogP contribution in [0.1, 0.15) is 44.1 Å². The van der Waals surface area contributed by atoms with Crippen LogP contribution in [0.5, 0.6) is 11.8 Å². The highest BCUT2D eigenvalue weighted by Crippen LogP contribution is 2.51. The van der Waals surface area contributed by atoms with Gasteiger partial charge in [-0.25, -0.2) is 13.2 Å². The van der Waals surface area contributed by atoms with Gasteiger partial charge in [-0.1, -0.05) is 17.7 Å². The van der Waals surface area contributed by atoms with Crippen molar-refractivity contribution >= 4 is 54.7 Å². The second-order valence-electron chi connectivity index (χ2n) is 13.4. The van der Waals surface area contributed by atoms with Crippen LogP contribution in [0.15, 0.2) is 12.1 Å². The molecule has 0 spiro atoms. The number of nitrogen functional groups attached to an aromatic ring is 1. The molecule has 3 unspecified atom stereocenters. The van der Waals surface area contributed by atoms with Crippen molar-refractivity contribution in [3.05, 3.63) is 34.4 Å². The van der Waals surface area contributed by atoms with Gasteiger partial charge in [0, 0.05) is 48.8 Å². The Kier molecular flexibility index (Phi) is 8.56. The van der Waals surface area contributed by atoms with Crippen LogP contribution in [0, 0.1) is 28.9 Å². The Labute approximate surface area is 292 Å². The minimum absolute atomic E-state index is 0.0117. The number of alkyl halides is 3. The molecule has 4 atom stereocenters. The van der Waals surface area contributed by atoms with Crippen LogP contribution in [-0.4, -0.2) is 78.7 Å². The number of rotatable bonds is 7. The first-order valence-electron chi connectivity index (χ1n) is 16.5. The fourth-order valence-corrected chi connectivity index (χ4v) is 9.78. The summed E-state index contributed by atoms with van der Waals surface area (Å²) in [5.41, 5.74) is 5.30. The molecular formula is C34H32ClF5N6O3S. The molecule has 4 aliphatic heterocycles. The van der Waals surface area contributed by atoms with Gasteiger partial charge in [-0.3, -0.25) is 4.90 Å². The number of nitriles is 1. The lowest BCUT2D eigenvalue weighted by molar-refractivity contribution is -0.141. The molecule has 3 saturated heterocycles. The van der Waals surface area contributed by atoms with Crippen molar-refractivity contribution in [2.24, 2.45) is 5.92 Å². The lowest BCUT2D eigenvalue weighted by Crippen LogP contribution is -2.49. The van der Waals surface area contributed by atoms with Crippen LogP contribution < -0.4 is 20.1 Å². The summed E-state index contributed by atoms with van der Waals surface area (Å²) in [7, 11) is 0. The average molecular weight is 735 g/mol. The third-order valence-corrected chi connectivity index (χ3v) is 12.0. The topological polar surface area (TPSA) is 110 Å². The van der Waals surface area contributed by atoms with Crippen molar-refractivity contribution in [2.45, 2.75) is 62.9 Å². The van der Waals surface area contributed by atoms with Crippen LogP contribution in [-0.2, 0) is 4.74 Å². The number of fused-ring (bicyclic) bond motifs is 4. The summed E-state index contributed by atoms with van der Waals surface area (Å²) in [5, 5.41) is 10.2. The van der Waals surface area contributed by atoms with Gasteiger partial charge >= 0.3 is 12.6 Å². The van der Waals surface area contributed by atoms with Gasteiger partial charge in [0.1, 0.15) is 41.0 Å². The molecule has 8 rings (SSSR count). The highest BCUT2D eigenvalue weighted by atomic mass is 35.5. The van der Waals surface area contributed by atoms with Crippen LogP contribution in [0.3, 0.4) is 0 Å². The number of ether oxygens (including phenoxy) is 3. The molecule has 6 heterocycles. The van der Waals surface area contributed by atoms with Gasteiger partial charge < -0.3 is 24.8 Å². The standard InChI is InChI=1S/C34H32ClF5N6O3S/c35-25-23(18-4-5-20(37)29-22(18)19(12-41)30(42)50-29)26(38)27-24-28(25)47-10-6-21-16(14-48-32(39)40)3-1-9-46(21)31(24)44-33(43-27)49-15-34-7-2-8-45(34)13-17(36)11-34/h4-5,16-17,21,32H,1-3,6-11,13-15,42H2/t16?,17-,21?,34?/m1/s1. The van der Waals surface area contributed by atoms with Gasteiger partial charge in [-0.2, -0.15) is 24.0 Å². The maximum absolute atomic E-state index is 17.3. The minimum Gasteiger partial charge on any atom is -0.491 e. The normalized spacial score (nSPS) is 25.0. The molecule has 4 aliphatic rings. The summed E-state index contributed by atoms with van der Waals surface area (Å²) in [6, 6.07) is 4.00. The molecule has 9 nitrogen and oxygen atoms in total. The van der Waals surface area contributed by atoms with E-state index in [-0.39, 0.29) is 97.1 Å². The fourth-order valence-electron chi connectivity index (χ4n) is 8.50. The lowest BCUT2D eigenvalue weighted by Gasteiger charge is -2.43. The van der Waals surface area contributed by atoms with Gasteiger partial charge in [0.25, 0.3) is 0 Å². The maximum atomic E-state index is 17.3. The summed E-state index contributed by atoms with van der Waals surface area (Å²) in [6.07, 6.45) is 2.55. The number of halogens is 6. The Balaban J connectivity index is 1.33. The van der Waals surface area contributed by atoms with E-state index in [1.165, 1.54) is 6.07 Å². The Morgan fingerprint density at radius 3 is 2.82 bits per heavy atom. The van der Waals surface area contributed by atoms with Gasteiger partial charge in [-0.05, 0) is 43.9 Å². The molecule has 50 heavy (non-hydrogen) atoms. The van der Waals surface area contributed by atoms with Crippen LogP contribution in [0.2, 0.25) is 5.02 Å². The highest BCUT2D eigenvalue weighted by Gasteiger charge is 2.49. The second-order valence-corrected chi connectivity index (χ2v) is 14.8. The number of nitrogens with two attached hydrogens (primary N) is 1. The van der Waals surface area contributed by atoms with E-state index in [1.54, 1.807) is 0 Å². The SMILES string of the molecule is N#Cc1c(N)sc2c(F)ccc(-c3c(Cl)c4c5c(nc(OCC67CCCN6C[C@H](F)C7)nc5c3F)N3CCCC(COC(F)F)C3CCO4)c12. The molecule has 0 saturated carbocycles. The quantitative estimate of drug-likeness (QED) is 0.194. The molecule has 2 N–H and O–H groups in total. The van der Waals surface area contributed by atoms with E-state index in [0.717, 1.165) is 36.8 Å². The number of benzene rings is 2. The molecular weight excluding hydrogens is 703 g/mol. The first kappa shape index (κ1) is 33.4. The fraction of sp³-hybridized carbons (Fsp3) is 0.500. The number of hydrogen-bond acceptors (Lipinski definition) is 10. The van der Waals surface area contributed by atoms with Crippen molar-refractivity contribution in [3.8, 4) is 29.0 Å². The predicted octanol–water partition coefficient (Wildman–Crippen LogP) is 7.46. The summed E-state index contributed by atoms with van der Waals surface area (Å²) in [4.78, 5) is 13.4. The molecule has 4 aromatic rings. The number of thiophene rings is 1. The number of aromatic nitrogens is 2. The molecule has 2 aromatic heterocycles. The van der Waals surface area contributed by atoms with E-state index < -0.39 is 30.0 Å². The molecule has 2 aromatic carbocycles. The van der Waals surface area contributed by atoms with Crippen LogP contribution in [0.25, 0.3) is 32.1 Å². The number of hydrogen-bond donors (Lipinski definition) is 1. The summed E-state index contributed by atoms with van der Waals surface area (Å²) < 4.78 is 90.5. The third-order valence-electron chi connectivity index (χ3n) is 10.7. The third kappa shape index (κ3) is 5.37. The van der Waals surface area contributed by atoms with Gasteiger partial charge in [0.15, 0.2) is 11.6 Å². The zero-order valence-corrected chi connectivity index (χ0v) is 28.2. The maximum Gasteiger partial charge on any atom is 0.345 e. The summed E-state index contributed by atoms with van der Waals surface area (Å²) in [6.45, 7) is -1.41. The van der Waals surface area contributed by atoms with Crippen molar-refractivity contribution < 1.29 is 36.2 Å². The van der Waals surface area contributed by atoms with E-state index in [0.29, 0.717) is 38.8 Å². The second kappa shape index (κ2) is 12.8. The van der Waals surface area contributed by atoms with Crippen LogP contribution in [0.4, 0.5) is 32.8 Å². The van der Waals surface area contributed by atoms with Crippen molar-refractivity contribution in [1.82, 2.24) is 14.9 Å². The average Bonchev–Trinajstić information content (AvgIpc) is 3.73. The Bertz CT molecular complexity index is 2050. The van der Waals surface area contributed by atoms with E-state index >= 15 is 8.78 Å². The lowest BCUT2D eigenvalue weighted by atomic mass is 9.87. The van der Waals surface area contributed by atoms with Crippen molar-refractivity contribution in [2.75, 3.05) is 50.1 Å². The molecule has 16 heteroatoms. The number of anilines is 2. The molecule has 0 bridgehead atoms. The zero-order chi connectivity index (χ0) is 34.9.